The molecule has 2 aromatic rings. The number of benzene rings is 2. The quantitative estimate of drug-likeness (QED) is 0.761. The van der Waals surface area contributed by atoms with E-state index >= 15 is 0 Å². The Kier molecular flexibility index (Phi) is 3.43. The molecule has 2 aromatic carbocycles. The number of fused-ring (bicyclic) bond motifs is 1. The van der Waals surface area contributed by atoms with Crippen molar-refractivity contribution in [2.24, 2.45) is 0 Å². The number of aryl methyl sites for hydroxylation is 2. The number of Topliss-reactive ketones (excluding diaryl/α,β-unsaturated/α-hetero) is 1. The van der Waals surface area contributed by atoms with Gasteiger partial charge in [-0.15, -0.1) is 0 Å². The van der Waals surface area contributed by atoms with E-state index in [1.165, 1.54) is 35.3 Å². The van der Waals surface area contributed by atoms with Crippen molar-refractivity contribution in [1.29, 1.82) is 0 Å². The molecule has 1 nitrogen and oxygen atoms in total. The van der Waals surface area contributed by atoms with Crippen LogP contribution in [0.25, 0.3) is 0 Å². The summed E-state index contributed by atoms with van der Waals surface area (Å²) in [6.45, 7) is 1.63. The highest BCUT2D eigenvalue weighted by molar-refractivity contribution is 7.99. The summed E-state index contributed by atoms with van der Waals surface area (Å²) >= 11 is 1.69. The summed E-state index contributed by atoms with van der Waals surface area (Å²) in [6, 6.07) is 14.5. The topological polar surface area (TPSA) is 17.1 Å². The normalized spacial score (nSPS) is 13.3. The molecule has 0 saturated heterocycles. The zero-order valence-corrected chi connectivity index (χ0v) is 11.8. The molecule has 3 rings (SSSR count). The molecule has 0 spiro atoms. The van der Waals surface area contributed by atoms with E-state index < -0.39 is 0 Å². The Labute approximate surface area is 118 Å². The number of carbonyl (C=O) groups is 1. The first-order chi connectivity index (χ1) is 9.24. The molecule has 0 amide bonds. The number of ketones is 1. The Morgan fingerprint density at radius 2 is 1.84 bits per heavy atom. The molecule has 0 aromatic heterocycles. The SMILES string of the molecule is CC(=O)c1ccccc1Sc1ccc2c(c1)CCC2. The molecular formula is C17H16OS. The highest BCUT2D eigenvalue weighted by atomic mass is 32.2. The lowest BCUT2D eigenvalue weighted by molar-refractivity contribution is 0.101. The molecule has 1 aliphatic carbocycles. The van der Waals surface area contributed by atoms with E-state index in [-0.39, 0.29) is 5.78 Å². The van der Waals surface area contributed by atoms with E-state index in [0.29, 0.717) is 0 Å². The molecule has 0 unspecified atom stereocenters. The monoisotopic (exact) mass is 268 g/mol. The fraction of sp³-hybridized carbons (Fsp3) is 0.235. The van der Waals surface area contributed by atoms with Gasteiger partial charge in [-0.05, 0) is 55.5 Å². The second-order valence-electron chi connectivity index (χ2n) is 4.94. The van der Waals surface area contributed by atoms with Gasteiger partial charge >= 0.3 is 0 Å². The lowest BCUT2D eigenvalue weighted by atomic mass is 10.1. The van der Waals surface area contributed by atoms with Crippen molar-refractivity contribution in [3.8, 4) is 0 Å². The van der Waals surface area contributed by atoms with Gasteiger partial charge in [-0.25, -0.2) is 0 Å². The lowest BCUT2D eigenvalue weighted by Crippen LogP contribution is -1.94. The first-order valence-electron chi connectivity index (χ1n) is 6.63. The van der Waals surface area contributed by atoms with Crippen molar-refractivity contribution < 1.29 is 4.79 Å². The molecular weight excluding hydrogens is 252 g/mol. The smallest absolute Gasteiger partial charge is 0.160 e. The van der Waals surface area contributed by atoms with Gasteiger partial charge in [-0.3, -0.25) is 4.79 Å². The average molecular weight is 268 g/mol. The Hall–Kier alpha value is -1.54. The molecule has 96 valence electrons. The fourth-order valence-corrected chi connectivity index (χ4v) is 3.64. The van der Waals surface area contributed by atoms with Crippen LogP contribution in [-0.2, 0) is 12.8 Å². The molecule has 0 heterocycles. The van der Waals surface area contributed by atoms with Gasteiger partial charge in [0.05, 0.1) is 0 Å². The summed E-state index contributed by atoms with van der Waals surface area (Å²) in [4.78, 5) is 13.9. The molecule has 0 saturated carbocycles. The van der Waals surface area contributed by atoms with Crippen LogP contribution >= 0.6 is 11.8 Å². The van der Waals surface area contributed by atoms with Gasteiger partial charge in [0.2, 0.25) is 0 Å². The number of carbonyl (C=O) groups excluding carboxylic acids is 1. The summed E-state index contributed by atoms with van der Waals surface area (Å²) in [5.41, 5.74) is 3.78. The third kappa shape index (κ3) is 2.59. The molecule has 1 aliphatic rings. The first kappa shape index (κ1) is 12.5. The standard InChI is InChI=1S/C17H16OS/c1-12(18)16-7-2-3-8-17(16)19-15-10-9-13-5-4-6-14(13)11-15/h2-3,7-11H,4-6H2,1H3. The molecule has 0 N–H and O–H groups in total. The van der Waals surface area contributed by atoms with Gasteiger partial charge in [0, 0.05) is 15.4 Å². The largest absolute Gasteiger partial charge is 0.294 e. The van der Waals surface area contributed by atoms with E-state index in [9.17, 15) is 4.79 Å². The van der Waals surface area contributed by atoms with Gasteiger partial charge in [0.15, 0.2) is 5.78 Å². The molecule has 0 atom stereocenters. The second kappa shape index (κ2) is 5.22. The van der Waals surface area contributed by atoms with Crippen LogP contribution in [0.1, 0.15) is 34.8 Å². The predicted octanol–water partition coefficient (Wildman–Crippen LogP) is 4.53. The maximum Gasteiger partial charge on any atom is 0.160 e. The third-order valence-electron chi connectivity index (χ3n) is 3.56. The van der Waals surface area contributed by atoms with Crippen LogP contribution in [0, 0.1) is 0 Å². The minimum atomic E-state index is 0.129. The Morgan fingerprint density at radius 1 is 1.05 bits per heavy atom. The molecule has 19 heavy (non-hydrogen) atoms. The summed E-state index contributed by atoms with van der Waals surface area (Å²) in [5, 5.41) is 0. The van der Waals surface area contributed by atoms with E-state index in [1.807, 2.05) is 24.3 Å². The van der Waals surface area contributed by atoms with Crippen LogP contribution in [0.4, 0.5) is 0 Å². The minimum Gasteiger partial charge on any atom is -0.294 e. The molecule has 0 aliphatic heterocycles. The van der Waals surface area contributed by atoms with E-state index in [4.69, 9.17) is 0 Å². The van der Waals surface area contributed by atoms with Crippen LogP contribution in [-0.4, -0.2) is 5.78 Å². The third-order valence-corrected chi connectivity index (χ3v) is 4.63. The Balaban J connectivity index is 1.91. The van der Waals surface area contributed by atoms with E-state index in [0.717, 1.165) is 10.5 Å². The second-order valence-corrected chi connectivity index (χ2v) is 6.05. The summed E-state index contributed by atoms with van der Waals surface area (Å²) < 4.78 is 0. The predicted molar refractivity (Wildman–Crippen MR) is 79.0 cm³/mol. The average Bonchev–Trinajstić information content (AvgIpc) is 2.86. The van der Waals surface area contributed by atoms with Crippen LogP contribution in [0.5, 0.6) is 0 Å². The van der Waals surface area contributed by atoms with Crippen LogP contribution in [0.15, 0.2) is 52.3 Å². The molecule has 0 fully saturated rings. The fourth-order valence-electron chi connectivity index (χ4n) is 2.59. The number of hydrogen-bond donors (Lipinski definition) is 0. The van der Waals surface area contributed by atoms with Gasteiger partial charge < -0.3 is 0 Å². The Bertz CT molecular complexity index is 631. The van der Waals surface area contributed by atoms with Crippen LogP contribution < -0.4 is 0 Å². The maximum absolute atomic E-state index is 11.6. The minimum absolute atomic E-state index is 0.129. The van der Waals surface area contributed by atoms with Gasteiger partial charge in [0.1, 0.15) is 0 Å². The van der Waals surface area contributed by atoms with E-state index in [1.54, 1.807) is 18.7 Å². The highest BCUT2D eigenvalue weighted by Gasteiger charge is 2.12. The van der Waals surface area contributed by atoms with Gasteiger partial charge in [-0.2, -0.15) is 0 Å². The zero-order chi connectivity index (χ0) is 13.2. The van der Waals surface area contributed by atoms with Crippen molar-refractivity contribution in [2.75, 3.05) is 0 Å². The van der Waals surface area contributed by atoms with Crippen LogP contribution in [0.3, 0.4) is 0 Å². The summed E-state index contributed by atoms with van der Waals surface area (Å²) in [6.07, 6.45) is 3.68. The summed E-state index contributed by atoms with van der Waals surface area (Å²) in [5.74, 6) is 0.129. The lowest BCUT2D eigenvalue weighted by Gasteiger charge is -2.08. The van der Waals surface area contributed by atoms with Gasteiger partial charge in [0.25, 0.3) is 0 Å². The van der Waals surface area contributed by atoms with Crippen LogP contribution in [0.2, 0.25) is 0 Å². The molecule has 0 radical (unpaired) electrons. The zero-order valence-electron chi connectivity index (χ0n) is 11.0. The van der Waals surface area contributed by atoms with Crippen molar-refractivity contribution in [2.45, 2.75) is 36.0 Å². The van der Waals surface area contributed by atoms with Crippen molar-refractivity contribution in [3.05, 3.63) is 59.2 Å². The van der Waals surface area contributed by atoms with E-state index in [2.05, 4.69) is 18.2 Å². The highest BCUT2D eigenvalue weighted by Crippen LogP contribution is 2.33. The summed E-state index contributed by atoms with van der Waals surface area (Å²) in [7, 11) is 0. The van der Waals surface area contributed by atoms with Crippen molar-refractivity contribution in [1.82, 2.24) is 0 Å². The Morgan fingerprint density at radius 3 is 2.68 bits per heavy atom. The van der Waals surface area contributed by atoms with Crippen molar-refractivity contribution >= 4 is 17.5 Å². The maximum atomic E-state index is 11.6. The van der Waals surface area contributed by atoms with Gasteiger partial charge in [-0.1, -0.05) is 36.0 Å². The molecule has 0 bridgehead atoms. The number of rotatable bonds is 3. The first-order valence-corrected chi connectivity index (χ1v) is 7.45. The van der Waals surface area contributed by atoms with Crippen molar-refractivity contribution in [3.63, 3.8) is 0 Å². The molecule has 2 heteroatoms. The number of hydrogen-bond acceptors (Lipinski definition) is 2.